The lowest BCUT2D eigenvalue weighted by molar-refractivity contribution is -0.135. The molecule has 4 aromatic rings. The number of hydrogen-bond donors (Lipinski definition) is 3. The lowest BCUT2D eigenvalue weighted by Crippen LogP contribution is -2.64. The van der Waals surface area contributed by atoms with Crippen molar-refractivity contribution in [2.24, 2.45) is 5.92 Å². The molecule has 1 unspecified atom stereocenters. The Hall–Kier alpha value is -5.30. The van der Waals surface area contributed by atoms with Crippen LogP contribution in [0.5, 0.6) is 5.75 Å². The molecule has 1 saturated carbocycles. The molecule has 3 amide bonds. The monoisotopic (exact) mass is 785 g/mol. The number of benzene rings is 2. The highest BCUT2D eigenvalue weighted by molar-refractivity contribution is 6.01. The van der Waals surface area contributed by atoms with E-state index in [-0.39, 0.29) is 41.0 Å². The fourth-order valence-corrected chi connectivity index (χ4v) is 10.4. The van der Waals surface area contributed by atoms with Gasteiger partial charge in [-0.15, -0.1) is 0 Å². The van der Waals surface area contributed by atoms with E-state index in [1.165, 1.54) is 24.9 Å². The molecule has 2 aromatic carbocycles. The summed E-state index contributed by atoms with van der Waals surface area (Å²) in [5.41, 5.74) is 4.63. The van der Waals surface area contributed by atoms with Crippen molar-refractivity contribution in [3.63, 3.8) is 0 Å². The molecule has 6 heterocycles. The van der Waals surface area contributed by atoms with Gasteiger partial charge >= 0.3 is 0 Å². The second-order valence-electron chi connectivity index (χ2n) is 17.4. The van der Waals surface area contributed by atoms with Crippen LogP contribution in [0.15, 0.2) is 73.1 Å². The Labute approximate surface area is 340 Å². The first-order valence-electron chi connectivity index (χ1n) is 21.3. The van der Waals surface area contributed by atoms with Crippen LogP contribution in [0.4, 0.5) is 11.4 Å². The highest BCUT2D eigenvalue weighted by Crippen LogP contribution is 2.46. The molecule has 58 heavy (non-hydrogen) atoms. The molecule has 9 rings (SSSR count). The first-order chi connectivity index (χ1) is 28.2. The third-order valence-electron chi connectivity index (χ3n) is 14.0. The topological polar surface area (TPSA) is 149 Å². The van der Waals surface area contributed by atoms with Gasteiger partial charge < -0.3 is 20.2 Å². The van der Waals surface area contributed by atoms with Gasteiger partial charge in [-0.1, -0.05) is 24.3 Å². The molecule has 2 atom stereocenters. The molecule has 2 aromatic heterocycles. The molecule has 0 radical (unpaired) electrons. The number of para-hydroxylation sites is 1. The van der Waals surface area contributed by atoms with E-state index in [1.807, 2.05) is 42.1 Å². The maximum atomic E-state index is 14.6. The summed E-state index contributed by atoms with van der Waals surface area (Å²) in [4.78, 5) is 46.1. The number of anilines is 2. The van der Waals surface area contributed by atoms with E-state index in [0.717, 1.165) is 68.8 Å². The SMILES string of the molecule is Cc1ccn(C2(C(=O)NC3CCN(CC4CCN(c5ccc([C@H]6CCC(=O)NC6=O)cc5)CC4)C4(CCC4)C3)CCN(c3cnnc(-c4ccccc4O)c3)CC2)n1. The van der Waals surface area contributed by atoms with E-state index in [4.69, 9.17) is 5.10 Å². The molecule has 304 valence electrons. The van der Waals surface area contributed by atoms with E-state index in [2.05, 4.69) is 59.8 Å². The smallest absolute Gasteiger partial charge is 0.248 e. The van der Waals surface area contributed by atoms with Gasteiger partial charge in [0.1, 0.15) is 11.3 Å². The van der Waals surface area contributed by atoms with Gasteiger partial charge in [-0.3, -0.25) is 29.3 Å². The number of aromatic nitrogens is 4. The summed E-state index contributed by atoms with van der Waals surface area (Å²) >= 11 is 0. The number of nitrogens with zero attached hydrogens (tertiary/aromatic N) is 7. The number of carbonyl (C=O) groups excluding carboxylic acids is 3. The normalized spacial score (nSPS) is 23.7. The number of piperidine rings is 4. The minimum Gasteiger partial charge on any atom is -0.507 e. The average Bonchev–Trinajstić information content (AvgIpc) is 3.68. The van der Waals surface area contributed by atoms with Crippen molar-refractivity contribution in [3.8, 4) is 17.0 Å². The van der Waals surface area contributed by atoms with Crippen molar-refractivity contribution in [1.29, 1.82) is 0 Å². The van der Waals surface area contributed by atoms with Crippen LogP contribution >= 0.6 is 0 Å². The minimum atomic E-state index is -0.783. The lowest BCUT2D eigenvalue weighted by atomic mass is 9.68. The highest BCUT2D eigenvalue weighted by atomic mass is 16.3. The summed E-state index contributed by atoms with van der Waals surface area (Å²) < 4.78 is 1.92. The third-order valence-corrected chi connectivity index (χ3v) is 14.0. The predicted octanol–water partition coefficient (Wildman–Crippen LogP) is 5.29. The number of rotatable bonds is 9. The summed E-state index contributed by atoms with van der Waals surface area (Å²) in [5, 5.41) is 29.9. The predicted molar refractivity (Wildman–Crippen MR) is 221 cm³/mol. The molecular weight excluding hydrogens is 731 g/mol. The van der Waals surface area contributed by atoms with Crippen molar-refractivity contribution in [2.75, 3.05) is 49.1 Å². The van der Waals surface area contributed by atoms with Crippen molar-refractivity contribution < 1.29 is 19.5 Å². The Morgan fingerprint density at radius 2 is 1.66 bits per heavy atom. The van der Waals surface area contributed by atoms with E-state index in [1.54, 1.807) is 18.3 Å². The number of likely N-dealkylation sites (tertiary alicyclic amines) is 1. The first-order valence-corrected chi connectivity index (χ1v) is 21.3. The largest absolute Gasteiger partial charge is 0.507 e. The molecule has 4 aliphatic heterocycles. The lowest BCUT2D eigenvalue weighted by Gasteiger charge is -2.56. The van der Waals surface area contributed by atoms with Crippen LogP contribution in [0.1, 0.15) is 87.8 Å². The summed E-state index contributed by atoms with van der Waals surface area (Å²) in [6.45, 7) is 7.45. The van der Waals surface area contributed by atoms with E-state index >= 15 is 0 Å². The second kappa shape index (κ2) is 15.8. The minimum absolute atomic E-state index is 0.0726. The van der Waals surface area contributed by atoms with Gasteiger partial charge in [-0.2, -0.15) is 15.3 Å². The van der Waals surface area contributed by atoms with Crippen LogP contribution < -0.4 is 20.4 Å². The third kappa shape index (κ3) is 7.44. The van der Waals surface area contributed by atoms with E-state index < -0.39 is 5.54 Å². The summed E-state index contributed by atoms with van der Waals surface area (Å²) in [5.74, 6) is 0.264. The Morgan fingerprint density at radius 3 is 2.34 bits per heavy atom. The van der Waals surface area contributed by atoms with Gasteiger partial charge in [0.25, 0.3) is 0 Å². The van der Waals surface area contributed by atoms with Crippen LogP contribution in [0.2, 0.25) is 0 Å². The van der Waals surface area contributed by atoms with Crippen LogP contribution in [-0.4, -0.2) is 98.6 Å². The van der Waals surface area contributed by atoms with Crippen LogP contribution in [0.25, 0.3) is 11.3 Å². The zero-order valence-corrected chi connectivity index (χ0v) is 33.5. The fraction of sp³-hybridized carbons (Fsp3) is 0.511. The van der Waals surface area contributed by atoms with Gasteiger partial charge in [0.2, 0.25) is 17.7 Å². The summed E-state index contributed by atoms with van der Waals surface area (Å²) in [7, 11) is 0. The fourth-order valence-electron chi connectivity index (χ4n) is 10.4. The first kappa shape index (κ1) is 38.2. The molecule has 0 bridgehead atoms. The molecule has 13 nitrogen and oxygen atoms in total. The van der Waals surface area contributed by atoms with Gasteiger partial charge in [0, 0.05) is 74.7 Å². The average molecular weight is 786 g/mol. The quantitative estimate of drug-likeness (QED) is 0.191. The van der Waals surface area contributed by atoms with Crippen molar-refractivity contribution in [2.45, 2.75) is 101 Å². The van der Waals surface area contributed by atoms with Crippen molar-refractivity contribution in [1.82, 2.24) is 35.5 Å². The van der Waals surface area contributed by atoms with Crippen molar-refractivity contribution in [3.05, 3.63) is 84.3 Å². The summed E-state index contributed by atoms with van der Waals surface area (Å²) in [6, 6.07) is 19.6. The number of imide groups is 1. The Bertz CT molecular complexity index is 2130. The number of aryl methyl sites for hydroxylation is 1. The summed E-state index contributed by atoms with van der Waals surface area (Å²) in [6.07, 6.45) is 13.8. The number of phenolic OH excluding ortho intramolecular Hbond substituents is 1. The van der Waals surface area contributed by atoms with Gasteiger partial charge in [0.05, 0.1) is 29.2 Å². The molecule has 3 N–H and O–H groups in total. The standard InChI is InChI=1S/C45H55N9O4/c1-31-13-24-54(50-31)45(19-25-52(26-20-45)36-27-39(49-46-29-36)38-5-2-3-6-40(38)55)43(58)47-34-16-23-53(44(28-34)17-4-18-44)30-32-14-21-51(22-15-32)35-9-7-33(8-10-35)37-11-12-41(56)48-42(37)57/h2-3,5-10,13,24,27,29,32,34,37,55H,4,11-12,14-23,25-26,28,30H2,1H3,(H,47,58)(H,48,56,57)/t34?,37-/m1/s1. The van der Waals surface area contributed by atoms with Crippen molar-refractivity contribution >= 4 is 29.1 Å². The van der Waals surface area contributed by atoms with Gasteiger partial charge in [-0.25, -0.2) is 0 Å². The van der Waals surface area contributed by atoms with Crippen LogP contribution in [0, 0.1) is 12.8 Å². The van der Waals surface area contributed by atoms with Gasteiger partial charge in [-0.05, 0) is 119 Å². The number of nitrogens with one attached hydrogen (secondary N) is 2. The number of amides is 3. The number of hydrogen-bond acceptors (Lipinski definition) is 10. The zero-order valence-electron chi connectivity index (χ0n) is 33.5. The van der Waals surface area contributed by atoms with Gasteiger partial charge in [0.15, 0.2) is 0 Å². The molecule has 5 fully saturated rings. The maximum absolute atomic E-state index is 14.6. The number of carbonyl (C=O) groups is 3. The number of aromatic hydroxyl groups is 1. The number of phenols is 1. The Balaban J connectivity index is 0.809. The Morgan fingerprint density at radius 1 is 0.897 bits per heavy atom. The molecule has 13 heteroatoms. The second-order valence-corrected chi connectivity index (χ2v) is 17.4. The van der Waals surface area contributed by atoms with Crippen LogP contribution in [0.3, 0.4) is 0 Å². The zero-order chi connectivity index (χ0) is 39.9. The molecule has 1 spiro atoms. The molecule has 4 saturated heterocycles. The van der Waals surface area contributed by atoms with Crippen LogP contribution in [-0.2, 0) is 19.9 Å². The molecular formula is C45H55N9O4. The van der Waals surface area contributed by atoms with E-state index in [9.17, 15) is 19.5 Å². The highest BCUT2D eigenvalue weighted by Gasteiger charge is 2.50. The maximum Gasteiger partial charge on any atom is 0.248 e. The Kier molecular flexibility index (Phi) is 10.4. The molecule has 1 aliphatic carbocycles. The molecule has 5 aliphatic rings. The van der Waals surface area contributed by atoms with E-state index in [0.29, 0.717) is 55.9 Å².